The van der Waals surface area contributed by atoms with Crippen LogP contribution in [-0.2, 0) is 26.1 Å². The fourth-order valence-electron chi connectivity index (χ4n) is 1.33. The van der Waals surface area contributed by atoms with Crippen LogP contribution in [0, 0.1) is 0 Å². The number of carbonyl (C=O) groups is 2. The number of carbonyl (C=O) groups excluding carboxylic acids is 1. The lowest BCUT2D eigenvalue weighted by Gasteiger charge is -2.12. The van der Waals surface area contributed by atoms with Crippen molar-refractivity contribution in [1.29, 1.82) is 0 Å². The minimum atomic E-state index is -1.36. The van der Waals surface area contributed by atoms with Gasteiger partial charge in [0.25, 0.3) is 0 Å². The molecule has 2 unspecified atom stereocenters. The van der Waals surface area contributed by atoms with E-state index < -0.39 is 28.7 Å². The van der Waals surface area contributed by atoms with Crippen LogP contribution in [0.15, 0.2) is 24.5 Å². The van der Waals surface area contributed by atoms with Crippen LogP contribution in [-0.4, -0.2) is 38.0 Å². The summed E-state index contributed by atoms with van der Waals surface area (Å²) in [5.74, 6) is -1.51. The third kappa shape index (κ3) is 5.05. The van der Waals surface area contributed by atoms with Crippen LogP contribution in [0.25, 0.3) is 0 Å². The highest BCUT2D eigenvalue weighted by Gasteiger charge is 2.21. The van der Waals surface area contributed by atoms with Crippen molar-refractivity contribution in [3.63, 3.8) is 0 Å². The second-order valence-electron chi connectivity index (χ2n) is 3.70. The quantitative estimate of drug-likeness (QED) is 0.753. The van der Waals surface area contributed by atoms with E-state index in [1.807, 2.05) is 0 Å². The summed E-state index contributed by atoms with van der Waals surface area (Å²) >= 11 is 0. The van der Waals surface area contributed by atoms with Gasteiger partial charge < -0.3 is 10.4 Å². The van der Waals surface area contributed by atoms with Crippen molar-refractivity contribution in [3.8, 4) is 0 Å². The highest BCUT2D eigenvalue weighted by molar-refractivity contribution is 7.84. The maximum absolute atomic E-state index is 11.8. The van der Waals surface area contributed by atoms with Crippen LogP contribution in [0.4, 0.5) is 0 Å². The molecule has 2 N–H and O–H groups in total. The third-order valence-electron chi connectivity index (χ3n) is 2.11. The molecule has 6 nitrogen and oxygen atoms in total. The molecule has 0 spiro atoms. The number of aromatic nitrogens is 1. The van der Waals surface area contributed by atoms with E-state index in [0.29, 0.717) is 0 Å². The lowest BCUT2D eigenvalue weighted by molar-refractivity contribution is -0.140. The van der Waals surface area contributed by atoms with Crippen molar-refractivity contribution in [2.24, 2.45) is 0 Å². The Morgan fingerprint density at radius 1 is 1.44 bits per heavy atom. The van der Waals surface area contributed by atoms with E-state index in [0.717, 1.165) is 5.56 Å². The molecule has 2 atom stereocenters. The second-order valence-corrected chi connectivity index (χ2v) is 5.20. The van der Waals surface area contributed by atoms with Crippen LogP contribution in [0.1, 0.15) is 12.5 Å². The van der Waals surface area contributed by atoms with Crippen LogP contribution in [0.5, 0.6) is 0 Å². The SMILES string of the molecule is CC(=O)NC(CS(=O)Cc1ccncc1)C(=O)O. The summed E-state index contributed by atoms with van der Waals surface area (Å²) in [7, 11) is -1.36. The summed E-state index contributed by atoms with van der Waals surface area (Å²) in [4.78, 5) is 25.5. The number of carboxylic acids is 1. The number of hydrogen-bond donors (Lipinski definition) is 2. The smallest absolute Gasteiger partial charge is 0.327 e. The Balaban J connectivity index is 2.56. The Morgan fingerprint density at radius 3 is 2.56 bits per heavy atom. The molecular weight excluding hydrogens is 256 g/mol. The summed E-state index contributed by atoms with van der Waals surface area (Å²) in [6.07, 6.45) is 3.16. The van der Waals surface area contributed by atoms with E-state index in [9.17, 15) is 13.8 Å². The van der Waals surface area contributed by atoms with E-state index in [-0.39, 0.29) is 11.5 Å². The Bertz CT molecular complexity index is 450. The van der Waals surface area contributed by atoms with E-state index in [1.54, 1.807) is 24.5 Å². The number of carboxylic acid groups (broad SMARTS) is 1. The van der Waals surface area contributed by atoms with Crippen molar-refractivity contribution in [2.75, 3.05) is 5.75 Å². The largest absolute Gasteiger partial charge is 0.480 e. The van der Waals surface area contributed by atoms with Crippen molar-refractivity contribution in [3.05, 3.63) is 30.1 Å². The van der Waals surface area contributed by atoms with Gasteiger partial charge in [-0.3, -0.25) is 14.0 Å². The predicted molar refractivity (Wildman–Crippen MR) is 66.2 cm³/mol. The van der Waals surface area contributed by atoms with Gasteiger partial charge in [-0.25, -0.2) is 4.79 Å². The molecule has 1 heterocycles. The topological polar surface area (TPSA) is 96.4 Å². The molecule has 0 radical (unpaired) electrons. The van der Waals surface area contributed by atoms with Gasteiger partial charge in [-0.05, 0) is 17.7 Å². The molecule has 1 aromatic heterocycles. The number of rotatable bonds is 6. The van der Waals surface area contributed by atoms with Gasteiger partial charge in [-0.15, -0.1) is 0 Å². The van der Waals surface area contributed by atoms with Gasteiger partial charge in [0.2, 0.25) is 5.91 Å². The first-order valence-corrected chi connectivity index (χ1v) is 6.71. The first-order valence-electron chi connectivity index (χ1n) is 5.23. The summed E-state index contributed by atoms with van der Waals surface area (Å²) in [5.41, 5.74) is 0.815. The standard InChI is InChI=1S/C11H14N2O4S/c1-8(14)13-10(11(15)16)7-18(17)6-9-2-4-12-5-3-9/h2-5,10H,6-7H2,1H3,(H,13,14)(H,15,16). The Hall–Kier alpha value is -1.76. The zero-order valence-corrected chi connectivity index (χ0v) is 10.6. The number of pyridine rings is 1. The molecule has 1 amide bonds. The van der Waals surface area contributed by atoms with Gasteiger partial charge in [0.05, 0.1) is 5.75 Å². The normalized spacial score (nSPS) is 13.6. The number of hydrogen-bond acceptors (Lipinski definition) is 4. The molecule has 0 saturated heterocycles. The minimum Gasteiger partial charge on any atom is -0.480 e. The molecule has 98 valence electrons. The molecule has 0 bridgehead atoms. The van der Waals surface area contributed by atoms with Gasteiger partial charge >= 0.3 is 5.97 Å². The van der Waals surface area contributed by atoms with Crippen LogP contribution < -0.4 is 5.32 Å². The molecule has 1 aromatic rings. The van der Waals surface area contributed by atoms with E-state index in [4.69, 9.17) is 5.11 Å². The zero-order chi connectivity index (χ0) is 13.5. The number of nitrogens with one attached hydrogen (secondary N) is 1. The zero-order valence-electron chi connectivity index (χ0n) is 9.83. The van der Waals surface area contributed by atoms with Crippen LogP contribution >= 0.6 is 0 Å². The molecule has 0 aliphatic rings. The molecule has 18 heavy (non-hydrogen) atoms. The third-order valence-corrected chi connectivity index (χ3v) is 3.47. The van der Waals surface area contributed by atoms with Crippen LogP contribution in [0.3, 0.4) is 0 Å². The highest BCUT2D eigenvalue weighted by Crippen LogP contribution is 2.03. The maximum Gasteiger partial charge on any atom is 0.327 e. The molecule has 0 saturated carbocycles. The average molecular weight is 270 g/mol. The lowest BCUT2D eigenvalue weighted by atomic mass is 10.3. The lowest BCUT2D eigenvalue weighted by Crippen LogP contribution is -2.43. The molecule has 0 fully saturated rings. The molecule has 0 aliphatic heterocycles. The molecule has 0 aromatic carbocycles. The van der Waals surface area contributed by atoms with Gasteiger partial charge in [-0.2, -0.15) is 0 Å². The van der Waals surface area contributed by atoms with E-state index >= 15 is 0 Å². The first-order chi connectivity index (χ1) is 8.49. The summed E-state index contributed by atoms with van der Waals surface area (Å²) in [5, 5.41) is 11.1. The Morgan fingerprint density at radius 2 is 2.06 bits per heavy atom. The van der Waals surface area contributed by atoms with Crippen molar-refractivity contribution < 1.29 is 18.9 Å². The Kier molecular flexibility index (Phi) is 5.44. The minimum absolute atomic E-state index is 0.114. The fourth-order valence-corrected chi connectivity index (χ4v) is 2.61. The van der Waals surface area contributed by atoms with Gasteiger partial charge in [0.1, 0.15) is 6.04 Å². The summed E-state index contributed by atoms with van der Waals surface area (Å²) < 4.78 is 11.8. The van der Waals surface area contributed by atoms with Crippen molar-refractivity contribution in [1.82, 2.24) is 10.3 Å². The summed E-state index contributed by atoms with van der Waals surface area (Å²) in [6.45, 7) is 1.22. The average Bonchev–Trinajstić information content (AvgIpc) is 2.28. The number of aliphatic carboxylic acids is 1. The molecule has 7 heteroatoms. The van der Waals surface area contributed by atoms with Crippen LogP contribution in [0.2, 0.25) is 0 Å². The van der Waals surface area contributed by atoms with Gasteiger partial charge in [0, 0.05) is 35.9 Å². The highest BCUT2D eigenvalue weighted by atomic mass is 32.2. The first kappa shape index (κ1) is 14.3. The van der Waals surface area contributed by atoms with Gasteiger partial charge in [-0.1, -0.05) is 0 Å². The predicted octanol–water partition coefficient (Wildman–Crippen LogP) is -0.0804. The molecule has 0 aliphatic carbocycles. The molecular formula is C11H14N2O4S. The Labute approximate surface area is 107 Å². The fraction of sp³-hybridized carbons (Fsp3) is 0.364. The summed E-state index contributed by atoms with van der Waals surface area (Å²) in [6, 6.07) is 2.31. The van der Waals surface area contributed by atoms with Crippen molar-refractivity contribution in [2.45, 2.75) is 18.7 Å². The van der Waals surface area contributed by atoms with Gasteiger partial charge in [0.15, 0.2) is 0 Å². The monoisotopic (exact) mass is 270 g/mol. The number of nitrogens with zero attached hydrogens (tertiary/aromatic N) is 1. The maximum atomic E-state index is 11.8. The van der Waals surface area contributed by atoms with E-state index in [1.165, 1.54) is 6.92 Å². The van der Waals surface area contributed by atoms with Crippen molar-refractivity contribution >= 4 is 22.7 Å². The number of amides is 1. The second kappa shape index (κ2) is 6.85. The molecule has 1 rings (SSSR count). The van der Waals surface area contributed by atoms with E-state index in [2.05, 4.69) is 10.3 Å².